The summed E-state index contributed by atoms with van der Waals surface area (Å²) in [5.41, 5.74) is 2.72. The van der Waals surface area contributed by atoms with E-state index in [1.807, 2.05) is 6.92 Å². The quantitative estimate of drug-likeness (QED) is 0.490. The number of ketones is 2. The van der Waals surface area contributed by atoms with E-state index in [1.165, 1.54) is 0 Å². The third-order valence-corrected chi connectivity index (χ3v) is 2.47. The van der Waals surface area contributed by atoms with Gasteiger partial charge < -0.3 is 5.11 Å². The Hall–Kier alpha value is -1.97. The Kier molecular flexibility index (Phi) is 3.78. The molecule has 0 spiro atoms. The minimum absolute atomic E-state index is 0.321. The number of rotatable bonds is 4. The molecule has 0 unspecified atom stereocenters. The van der Waals surface area contributed by atoms with E-state index in [0.29, 0.717) is 16.7 Å². The number of Topliss-reactive ketones (excluding diaryl/α,β-unsaturated/α-hetero) is 2. The van der Waals surface area contributed by atoms with Gasteiger partial charge >= 0.3 is 5.97 Å². The molecule has 90 valence electrons. The van der Waals surface area contributed by atoms with Crippen LogP contribution in [-0.4, -0.2) is 22.6 Å². The minimum Gasteiger partial charge on any atom is -0.481 e. The molecule has 17 heavy (non-hydrogen) atoms. The maximum absolute atomic E-state index is 11.8. The van der Waals surface area contributed by atoms with E-state index < -0.39 is 24.0 Å². The van der Waals surface area contributed by atoms with Gasteiger partial charge in [-0.2, -0.15) is 0 Å². The maximum atomic E-state index is 11.8. The van der Waals surface area contributed by atoms with Crippen LogP contribution in [0.1, 0.15) is 33.5 Å². The Morgan fingerprint density at radius 2 is 1.53 bits per heavy atom. The largest absolute Gasteiger partial charge is 0.481 e. The maximum Gasteiger partial charge on any atom is 0.311 e. The van der Waals surface area contributed by atoms with E-state index in [9.17, 15) is 14.4 Å². The predicted molar refractivity (Wildman–Crippen MR) is 62.2 cm³/mol. The molecule has 0 bridgehead atoms. The average Bonchev–Trinajstić information content (AvgIpc) is 2.14. The van der Waals surface area contributed by atoms with Crippen LogP contribution in [0, 0.1) is 20.8 Å². The summed E-state index contributed by atoms with van der Waals surface area (Å²) in [7, 11) is 0. The zero-order valence-corrected chi connectivity index (χ0v) is 10.0. The molecule has 0 heterocycles. The Morgan fingerprint density at radius 3 is 1.94 bits per heavy atom. The molecule has 1 rings (SSSR count). The summed E-state index contributed by atoms with van der Waals surface area (Å²) in [6, 6.07) is 3.60. The highest BCUT2D eigenvalue weighted by molar-refractivity contribution is 6.46. The van der Waals surface area contributed by atoms with Gasteiger partial charge in [-0.1, -0.05) is 17.7 Å². The number of aliphatic carboxylic acids is 1. The monoisotopic (exact) mass is 234 g/mol. The fourth-order valence-corrected chi connectivity index (χ4v) is 1.90. The Bertz CT molecular complexity index is 477. The molecular formula is C13H14O4. The van der Waals surface area contributed by atoms with Crippen LogP contribution in [0.5, 0.6) is 0 Å². The van der Waals surface area contributed by atoms with E-state index >= 15 is 0 Å². The number of carboxylic acid groups (broad SMARTS) is 1. The van der Waals surface area contributed by atoms with Crippen molar-refractivity contribution in [3.63, 3.8) is 0 Å². The summed E-state index contributed by atoms with van der Waals surface area (Å²) in [5.74, 6) is -2.89. The van der Waals surface area contributed by atoms with Gasteiger partial charge in [-0.15, -0.1) is 0 Å². The molecule has 0 saturated carbocycles. The van der Waals surface area contributed by atoms with Gasteiger partial charge in [0.1, 0.15) is 6.42 Å². The summed E-state index contributed by atoms with van der Waals surface area (Å²) in [5, 5.41) is 8.49. The smallest absolute Gasteiger partial charge is 0.311 e. The number of carbonyl (C=O) groups excluding carboxylic acids is 2. The first-order valence-electron chi connectivity index (χ1n) is 5.20. The zero-order chi connectivity index (χ0) is 13.2. The molecule has 1 N–H and O–H groups in total. The molecule has 0 aliphatic rings. The minimum atomic E-state index is -1.29. The molecule has 0 radical (unpaired) electrons. The van der Waals surface area contributed by atoms with Crippen LogP contribution in [0.3, 0.4) is 0 Å². The van der Waals surface area contributed by atoms with Gasteiger partial charge in [0.25, 0.3) is 0 Å². The summed E-state index contributed by atoms with van der Waals surface area (Å²) >= 11 is 0. The molecule has 0 aliphatic heterocycles. The summed E-state index contributed by atoms with van der Waals surface area (Å²) in [6.07, 6.45) is -0.758. The van der Waals surface area contributed by atoms with Crippen LogP contribution in [0.2, 0.25) is 0 Å². The van der Waals surface area contributed by atoms with Crippen molar-refractivity contribution in [1.29, 1.82) is 0 Å². The SMILES string of the molecule is Cc1cc(C)c(C(=O)C(=O)CC(=O)O)c(C)c1. The third-order valence-electron chi connectivity index (χ3n) is 2.47. The zero-order valence-electron chi connectivity index (χ0n) is 10.0. The number of hydrogen-bond donors (Lipinski definition) is 1. The molecule has 0 fully saturated rings. The van der Waals surface area contributed by atoms with Crippen molar-refractivity contribution in [2.75, 3.05) is 0 Å². The number of hydrogen-bond acceptors (Lipinski definition) is 3. The molecule has 0 saturated heterocycles. The van der Waals surface area contributed by atoms with Crippen molar-refractivity contribution in [2.45, 2.75) is 27.2 Å². The van der Waals surface area contributed by atoms with Gasteiger partial charge in [0.05, 0.1) is 0 Å². The van der Waals surface area contributed by atoms with Gasteiger partial charge in [-0.3, -0.25) is 14.4 Å². The van der Waals surface area contributed by atoms with Gasteiger partial charge in [-0.05, 0) is 31.9 Å². The van der Waals surface area contributed by atoms with Crippen molar-refractivity contribution in [2.24, 2.45) is 0 Å². The van der Waals surface area contributed by atoms with Crippen molar-refractivity contribution in [3.05, 3.63) is 34.4 Å². The Labute approximate surface area is 99.3 Å². The molecule has 0 aliphatic carbocycles. The average molecular weight is 234 g/mol. The van der Waals surface area contributed by atoms with E-state index in [0.717, 1.165) is 5.56 Å². The number of aryl methyl sites for hydroxylation is 3. The highest BCUT2D eigenvalue weighted by Gasteiger charge is 2.22. The highest BCUT2D eigenvalue weighted by atomic mass is 16.4. The van der Waals surface area contributed by atoms with Crippen LogP contribution < -0.4 is 0 Å². The van der Waals surface area contributed by atoms with Gasteiger partial charge in [-0.25, -0.2) is 0 Å². The van der Waals surface area contributed by atoms with Crippen molar-refractivity contribution < 1.29 is 19.5 Å². The van der Waals surface area contributed by atoms with Crippen LogP contribution in [-0.2, 0) is 9.59 Å². The standard InChI is InChI=1S/C13H14O4/c1-7-4-8(2)12(9(3)5-7)13(17)10(14)6-11(15)16/h4-5H,6H2,1-3H3,(H,15,16). The van der Waals surface area contributed by atoms with E-state index in [2.05, 4.69) is 0 Å². The molecular weight excluding hydrogens is 220 g/mol. The lowest BCUT2D eigenvalue weighted by molar-refractivity contribution is -0.139. The number of carboxylic acids is 1. The Balaban J connectivity index is 3.13. The normalized spacial score (nSPS) is 10.1. The molecule has 0 amide bonds. The second-order valence-electron chi connectivity index (χ2n) is 4.10. The van der Waals surface area contributed by atoms with E-state index in [1.54, 1.807) is 26.0 Å². The van der Waals surface area contributed by atoms with Crippen LogP contribution in [0.15, 0.2) is 12.1 Å². The highest BCUT2D eigenvalue weighted by Crippen LogP contribution is 2.17. The van der Waals surface area contributed by atoms with E-state index in [4.69, 9.17) is 5.11 Å². The first-order valence-corrected chi connectivity index (χ1v) is 5.20. The predicted octanol–water partition coefficient (Wildman–Crippen LogP) is 1.84. The lowest BCUT2D eigenvalue weighted by atomic mass is 9.94. The van der Waals surface area contributed by atoms with Crippen LogP contribution >= 0.6 is 0 Å². The Morgan fingerprint density at radius 1 is 1.06 bits per heavy atom. The number of benzene rings is 1. The molecule has 4 nitrogen and oxygen atoms in total. The molecule has 4 heteroatoms. The van der Waals surface area contributed by atoms with Crippen molar-refractivity contribution in [1.82, 2.24) is 0 Å². The first-order chi connectivity index (χ1) is 7.82. The molecule has 0 aromatic heterocycles. The molecule has 0 atom stereocenters. The van der Waals surface area contributed by atoms with Gasteiger partial charge in [0, 0.05) is 5.56 Å². The molecule has 1 aromatic rings. The topological polar surface area (TPSA) is 71.4 Å². The lowest BCUT2D eigenvalue weighted by Crippen LogP contribution is -2.20. The van der Waals surface area contributed by atoms with Gasteiger partial charge in [0.2, 0.25) is 11.6 Å². The fraction of sp³-hybridized carbons (Fsp3) is 0.308. The fourth-order valence-electron chi connectivity index (χ4n) is 1.90. The lowest BCUT2D eigenvalue weighted by Gasteiger charge is -2.08. The van der Waals surface area contributed by atoms with Crippen molar-refractivity contribution in [3.8, 4) is 0 Å². The molecule has 1 aromatic carbocycles. The van der Waals surface area contributed by atoms with E-state index in [-0.39, 0.29) is 0 Å². The summed E-state index contributed by atoms with van der Waals surface area (Å²) in [6.45, 7) is 5.37. The van der Waals surface area contributed by atoms with Crippen molar-refractivity contribution >= 4 is 17.5 Å². The second-order valence-corrected chi connectivity index (χ2v) is 4.10. The summed E-state index contributed by atoms with van der Waals surface area (Å²) in [4.78, 5) is 33.6. The first kappa shape index (κ1) is 13.1. The third kappa shape index (κ3) is 3.00. The second kappa shape index (κ2) is 4.91. The van der Waals surface area contributed by atoms with Gasteiger partial charge in [0.15, 0.2) is 0 Å². The summed E-state index contributed by atoms with van der Waals surface area (Å²) < 4.78 is 0. The van der Waals surface area contributed by atoms with Crippen LogP contribution in [0.25, 0.3) is 0 Å². The van der Waals surface area contributed by atoms with Crippen LogP contribution in [0.4, 0.5) is 0 Å². The number of carbonyl (C=O) groups is 3.